The summed E-state index contributed by atoms with van der Waals surface area (Å²) in [6, 6.07) is 0. The van der Waals surface area contributed by atoms with Crippen LogP contribution in [0.1, 0.15) is 12.8 Å². The standard InChI is InChI=1S/C10H13Cl2N3/c11-4-8-2-1-3-15(6-8)10-9(12)5-13-7-14-10/h5,7-8H,1-4,6H2. The maximum atomic E-state index is 6.05. The van der Waals surface area contributed by atoms with Crippen LogP contribution < -0.4 is 4.90 Å². The number of anilines is 1. The zero-order chi connectivity index (χ0) is 10.7. The first-order valence-corrected chi connectivity index (χ1v) is 5.99. The number of nitrogens with zero attached hydrogens (tertiary/aromatic N) is 3. The van der Waals surface area contributed by atoms with Crippen molar-refractivity contribution in [3.8, 4) is 0 Å². The van der Waals surface area contributed by atoms with Gasteiger partial charge in [-0.2, -0.15) is 0 Å². The monoisotopic (exact) mass is 245 g/mol. The molecule has 1 aromatic rings. The highest BCUT2D eigenvalue weighted by molar-refractivity contribution is 6.32. The van der Waals surface area contributed by atoms with Crippen molar-refractivity contribution in [3.63, 3.8) is 0 Å². The van der Waals surface area contributed by atoms with E-state index in [2.05, 4.69) is 14.9 Å². The third-order valence-electron chi connectivity index (χ3n) is 2.68. The Kier molecular flexibility index (Phi) is 3.65. The number of hydrogen-bond acceptors (Lipinski definition) is 3. The zero-order valence-electron chi connectivity index (χ0n) is 8.37. The van der Waals surface area contributed by atoms with E-state index in [1.54, 1.807) is 6.20 Å². The maximum Gasteiger partial charge on any atom is 0.150 e. The Morgan fingerprint density at radius 1 is 1.53 bits per heavy atom. The fraction of sp³-hybridized carbons (Fsp3) is 0.600. The van der Waals surface area contributed by atoms with Crippen LogP contribution in [-0.4, -0.2) is 28.9 Å². The van der Waals surface area contributed by atoms with E-state index in [9.17, 15) is 0 Å². The Morgan fingerprint density at radius 2 is 2.40 bits per heavy atom. The summed E-state index contributed by atoms with van der Waals surface area (Å²) in [5.41, 5.74) is 0. The van der Waals surface area contributed by atoms with Crippen LogP contribution >= 0.6 is 23.2 Å². The molecule has 0 bridgehead atoms. The number of aromatic nitrogens is 2. The third-order valence-corrected chi connectivity index (χ3v) is 3.39. The van der Waals surface area contributed by atoms with Gasteiger partial charge < -0.3 is 4.90 Å². The van der Waals surface area contributed by atoms with Gasteiger partial charge in [0, 0.05) is 19.0 Å². The van der Waals surface area contributed by atoms with Gasteiger partial charge in [-0.15, -0.1) is 11.6 Å². The lowest BCUT2D eigenvalue weighted by atomic mass is 10.0. The summed E-state index contributed by atoms with van der Waals surface area (Å²) >= 11 is 11.9. The molecular weight excluding hydrogens is 233 g/mol. The van der Waals surface area contributed by atoms with Crippen molar-refractivity contribution in [2.75, 3.05) is 23.9 Å². The van der Waals surface area contributed by atoms with E-state index in [0.29, 0.717) is 16.8 Å². The van der Waals surface area contributed by atoms with E-state index in [0.717, 1.165) is 25.3 Å². The van der Waals surface area contributed by atoms with Crippen molar-refractivity contribution >= 4 is 29.0 Å². The Morgan fingerprint density at radius 3 is 3.13 bits per heavy atom. The van der Waals surface area contributed by atoms with Crippen molar-refractivity contribution in [3.05, 3.63) is 17.5 Å². The van der Waals surface area contributed by atoms with Crippen LogP contribution in [0.2, 0.25) is 5.02 Å². The van der Waals surface area contributed by atoms with Gasteiger partial charge in [0.25, 0.3) is 0 Å². The van der Waals surface area contributed by atoms with Crippen molar-refractivity contribution in [2.24, 2.45) is 5.92 Å². The minimum Gasteiger partial charge on any atom is -0.355 e. The molecule has 0 amide bonds. The smallest absolute Gasteiger partial charge is 0.150 e. The van der Waals surface area contributed by atoms with Gasteiger partial charge in [0.1, 0.15) is 11.3 Å². The molecule has 3 nitrogen and oxygen atoms in total. The Balaban J connectivity index is 2.13. The van der Waals surface area contributed by atoms with Crippen molar-refractivity contribution in [2.45, 2.75) is 12.8 Å². The number of alkyl halides is 1. The number of hydrogen-bond donors (Lipinski definition) is 0. The number of piperidine rings is 1. The van der Waals surface area contributed by atoms with E-state index in [1.807, 2.05) is 0 Å². The van der Waals surface area contributed by atoms with Gasteiger partial charge >= 0.3 is 0 Å². The molecular formula is C10H13Cl2N3. The van der Waals surface area contributed by atoms with E-state index in [1.165, 1.54) is 12.7 Å². The molecule has 15 heavy (non-hydrogen) atoms. The summed E-state index contributed by atoms with van der Waals surface area (Å²) in [4.78, 5) is 10.3. The lowest BCUT2D eigenvalue weighted by molar-refractivity contribution is 0.448. The summed E-state index contributed by atoms with van der Waals surface area (Å²) in [7, 11) is 0. The van der Waals surface area contributed by atoms with Crippen LogP contribution in [0.15, 0.2) is 12.5 Å². The normalized spacial score (nSPS) is 21.7. The molecule has 2 rings (SSSR count). The van der Waals surface area contributed by atoms with E-state index in [4.69, 9.17) is 23.2 Å². The van der Waals surface area contributed by atoms with E-state index in [-0.39, 0.29) is 0 Å². The van der Waals surface area contributed by atoms with Gasteiger partial charge in [-0.3, -0.25) is 0 Å². The fourth-order valence-electron chi connectivity index (χ4n) is 1.92. The molecule has 1 atom stereocenters. The lowest BCUT2D eigenvalue weighted by Crippen LogP contribution is -2.36. The molecule has 0 aliphatic carbocycles. The molecule has 2 heterocycles. The topological polar surface area (TPSA) is 29.0 Å². The Labute approximate surface area is 99.4 Å². The minimum atomic E-state index is 0.548. The summed E-state index contributed by atoms with van der Waals surface area (Å²) in [6.07, 6.45) is 5.51. The second-order valence-electron chi connectivity index (χ2n) is 3.80. The molecule has 1 saturated heterocycles. The Bertz CT molecular complexity index is 332. The first-order chi connectivity index (χ1) is 7.31. The van der Waals surface area contributed by atoms with Gasteiger partial charge in [-0.25, -0.2) is 9.97 Å². The molecule has 1 fully saturated rings. The zero-order valence-corrected chi connectivity index (χ0v) is 9.88. The van der Waals surface area contributed by atoms with Crippen molar-refractivity contribution < 1.29 is 0 Å². The fourth-order valence-corrected chi connectivity index (χ4v) is 2.40. The first kappa shape index (κ1) is 11.0. The van der Waals surface area contributed by atoms with Gasteiger partial charge in [0.15, 0.2) is 5.82 Å². The summed E-state index contributed by atoms with van der Waals surface area (Å²) in [5.74, 6) is 2.09. The molecule has 0 radical (unpaired) electrons. The summed E-state index contributed by atoms with van der Waals surface area (Å²) < 4.78 is 0. The van der Waals surface area contributed by atoms with E-state index >= 15 is 0 Å². The summed E-state index contributed by atoms with van der Waals surface area (Å²) in [6.45, 7) is 1.95. The van der Waals surface area contributed by atoms with Crippen molar-refractivity contribution in [1.82, 2.24) is 9.97 Å². The molecule has 0 N–H and O–H groups in total. The van der Waals surface area contributed by atoms with Crippen LogP contribution in [0.25, 0.3) is 0 Å². The molecule has 1 aromatic heterocycles. The molecule has 1 aliphatic heterocycles. The van der Waals surface area contributed by atoms with Crippen LogP contribution in [0.4, 0.5) is 5.82 Å². The first-order valence-electron chi connectivity index (χ1n) is 5.07. The van der Waals surface area contributed by atoms with Gasteiger partial charge in [-0.05, 0) is 18.8 Å². The molecule has 82 valence electrons. The quantitative estimate of drug-likeness (QED) is 0.751. The Hall–Kier alpha value is -0.540. The van der Waals surface area contributed by atoms with Crippen LogP contribution in [0.3, 0.4) is 0 Å². The number of halogens is 2. The van der Waals surface area contributed by atoms with Crippen LogP contribution in [0.5, 0.6) is 0 Å². The number of rotatable bonds is 2. The van der Waals surface area contributed by atoms with Crippen LogP contribution in [0, 0.1) is 5.92 Å². The second-order valence-corrected chi connectivity index (χ2v) is 4.52. The minimum absolute atomic E-state index is 0.548. The highest BCUT2D eigenvalue weighted by Gasteiger charge is 2.21. The van der Waals surface area contributed by atoms with Gasteiger partial charge in [0.05, 0.1) is 6.20 Å². The molecule has 5 heteroatoms. The summed E-state index contributed by atoms with van der Waals surface area (Å²) in [5, 5.41) is 0.618. The van der Waals surface area contributed by atoms with E-state index < -0.39 is 0 Å². The molecule has 0 spiro atoms. The molecule has 1 unspecified atom stereocenters. The molecule has 1 aliphatic rings. The van der Waals surface area contributed by atoms with Gasteiger partial charge in [0.2, 0.25) is 0 Å². The highest BCUT2D eigenvalue weighted by Crippen LogP contribution is 2.26. The third kappa shape index (κ3) is 2.52. The second kappa shape index (κ2) is 4.99. The van der Waals surface area contributed by atoms with Gasteiger partial charge in [-0.1, -0.05) is 11.6 Å². The average molecular weight is 246 g/mol. The maximum absolute atomic E-state index is 6.05. The van der Waals surface area contributed by atoms with Crippen LogP contribution in [-0.2, 0) is 0 Å². The lowest BCUT2D eigenvalue weighted by Gasteiger charge is -2.32. The van der Waals surface area contributed by atoms with Crippen molar-refractivity contribution in [1.29, 1.82) is 0 Å². The highest BCUT2D eigenvalue weighted by atomic mass is 35.5. The SMILES string of the molecule is ClCC1CCCN(c2ncncc2Cl)C1. The predicted octanol–water partition coefficient (Wildman–Crippen LogP) is 2.59. The average Bonchev–Trinajstić information content (AvgIpc) is 2.30. The predicted molar refractivity (Wildman–Crippen MR) is 62.7 cm³/mol. The largest absolute Gasteiger partial charge is 0.355 e. The molecule has 0 aromatic carbocycles. The molecule has 0 saturated carbocycles.